The minimum Gasteiger partial charge on any atom is -0.381 e. The molecular weight excluding hydrogens is 469 g/mol. The molecule has 8 heteroatoms. The lowest BCUT2D eigenvalue weighted by molar-refractivity contribution is -0.0318. The van der Waals surface area contributed by atoms with Crippen LogP contribution < -0.4 is 10.2 Å². The number of halogens is 1. The standard InChI is InChI=1S/C20H33N5O2.HI/c1-2-21-20(23-10-5-15-27-18-7-16-26-17-8-18)25-13-11-24(12-14-25)19-6-3-4-9-22-19;/h3-4,6,9,18H,2,5,7-8,10-17H2,1H3,(H,21,23);1H. The molecule has 0 unspecified atom stereocenters. The second-order valence-electron chi connectivity index (χ2n) is 6.93. The van der Waals surface area contributed by atoms with Crippen LogP contribution in [-0.2, 0) is 9.47 Å². The van der Waals surface area contributed by atoms with Gasteiger partial charge in [0, 0.05) is 65.3 Å². The topological polar surface area (TPSA) is 62.2 Å². The fourth-order valence-electron chi connectivity index (χ4n) is 3.46. The predicted octanol–water partition coefficient (Wildman–Crippen LogP) is 2.37. The highest BCUT2D eigenvalue weighted by molar-refractivity contribution is 14.0. The summed E-state index contributed by atoms with van der Waals surface area (Å²) < 4.78 is 11.3. The molecule has 1 aromatic rings. The van der Waals surface area contributed by atoms with Crippen molar-refractivity contribution in [1.29, 1.82) is 0 Å². The lowest BCUT2D eigenvalue weighted by atomic mass is 10.1. The number of nitrogens with zero attached hydrogens (tertiary/aromatic N) is 4. The molecule has 0 saturated carbocycles. The van der Waals surface area contributed by atoms with Gasteiger partial charge in [0.15, 0.2) is 5.96 Å². The van der Waals surface area contributed by atoms with E-state index in [0.29, 0.717) is 6.10 Å². The molecule has 0 bridgehead atoms. The van der Waals surface area contributed by atoms with Gasteiger partial charge in [0.25, 0.3) is 0 Å². The maximum atomic E-state index is 5.94. The molecule has 2 fully saturated rings. The summed E-state index contributed by atoms with van der Waals surface area (Å²) in [5.41, 5.74) is 0. The molecule has 3 heterocycles. The summed E-state index contributed by atoms with van der Waals surface area (Å²) in [6.45, 7) is 10.1. The first kappa shape index (κ1) is 23.2. The normalized spacial score (nSPS) is 18.7. The molecule has 0 atom stereocenters. The van der Waals surface area contributed by atoms with E-state index in [9.17, 15) is 0 Å². The van der Waals surface area contributed by atoms with Crippen LogP contribution in [-0.4, -0.2) is 81.0 Å². The zero-order valence-corrected chi connectivity index (χ0v) is 19.2. The van der Waals surface area contributed by atoms with Gasteiger partial charge in [-0.1, -0.05) is 6.07 Å². The van der Waals surface area contributed by atoms with Crippen molar-refractivity contribution >= 4 is 35.8 Å². The van der Waals surface area contributed by atoms with E-state index in [0.717, 1.165) is 90.1 Å². The van der Waals surface area contributed by atoms with Crippen molar-refractivity contribution < 1.29 is 9.47 Å². The molecule has 0 aromatic carbocycles. The number of aromatic nitrogens is 1. The Bertz CT molecular complexity index is 561. The number of anilines is 1. The van der Waals surface area contributed by atoms with Crippen LogP contribution in [0.4, 0.5) is 5.82 Å². The van der Waals surface area contributed by atoms with E-state index in [4.69, 9.17) is 14.5 Å². The van der Waals surface area contributed by atoms with Crippen LogP contribution in [0.5, 0.6) is 0 Å². The number of rotatable bonds is 7. The Balaban J connectivity index is 0.00000280. The summed E-state index contributed by atoms with van der Waals surface area (Å²) in [6, 6.07) is 6.08. The maximum Gasteiger partial charge on any atom is 0.194 e. The molecule has 7 nitrogen and oxygen atoms in total. The fraction of sp³-hybridized carbons (Fsp3) is 0.700. The summed E-state index contributed by atoms with van der Waals surface area (Å²) >= 11 is 0. The van der Waals surface area contributed by atoms with Gasteiger partial charge in [-0.2, -0.15) is 0 Å². The number of nitrogens with one attached hydrogen (secondary N) is 1. The van der Waals surface area contributed by atoms with Crippen LogP contribution in [0.25, 0.3) is 0 Å². The number of aliphatic imine (C=N–C) groups is 1. The van der Waals surface area contributed by atoms with Crippen molar-refractivity contribution in [2.45, 2.75) is 32.3 Å². The molecule has 2 aliphatic rings. The van der Waals surface area contributed by atoms with E-state index in [1.807, 2.05) is 18.3 Å². The summed E-state index contributed by atoms with van der Waals surface area (Å²) in [5.74, 6) is 2.08. The van der Waals surface area contributed by atoms with Gasteiger partial charge in [0.1, 0.15) is 5.82 Å². The van der Waals surface area contributed by atoms with Gasteiger partial charge >= 0.3 is 0 Å². The smallest absolute Gasteiger partial charge is 0.194 e. The average Bonchev–Trinajstić information content (AvgIpc) is 2.74. The van der Waals surface area contributed by atoms with E-state index in [2.05, 4.69) is 33.1 Å². The molecule has 0 aliphatic carbocycles. The van der Waals surface area contributed by atoms with Crippen LogP contribution >= 0.6 is 24.0 Å². The highest BCUT2D eigenvalue weighted by Gasteiger charge is 2.20. The number of guanidine groups is 1. The van der Waals surface area contributed by atoms with E-state index in [1.165, 1.54) is 0 Å². The summed E-state index contributed by atoms with van der Waals surface area (Å²) in [5, 5.41) is 3.43. The van der Waals surface area contributed by atoms with Crippen LogP contribution in [0, 0.1) is 0 Å². The van der Waals surface area contributed by atoms with Gasteiger partial charge in [0.2, 0.25) is 0 Å². The molecule has 2 saturated heterocycles. The highest BCUT2D eigenvalue weighted by atomic mass is 127. The van der Waals surface area contributed by atoms with E-state index < -0.39 is 0 Å². The van der Waals surface area contributed by atoms with Crippen LogP contribution in [0.3, 0.4) is 0 Å². The Hall–Kier alpha value is -1.13. The Morgan fingerprint density at radius 2 is 2.04 bits per heavy atom. The van der Waals surface area contributed by atoms with Crippen LogP contribution in [0.2, 0.25) is 0 Å². The van der Waals surface area contributed by atoms with Gasteiger partial charge in [0.05, 0.1) is 6.10 Å². The van der Waals surface area contributed by atoms with Gasteiger partial charge in [-0.3, -0.25) is 4.99 Å². The average molecular weight is 503 g/mol. The van der Waals surface area contributed by atoms with Gasteiger partial charge in [-0.25, -0.2) is 4.98 Å². The number of piperazine rings is 1. The van der Waals surface area contributed by atoms with Crippen LogP contribution in [0.1, 0.15) is 26.2 Å². The molecule has 0 amide bonds. The van der Waals surface area contributed by atoms with Crippen molar-refractivity contribution in [2.75, 3.05) is 64.0 Å². The largest absolute Gasteiger partial charge is 0.381 e. The second-order valence-corrected chi connectivity index (χ2v) is 6.93. The highest BCUT2D eigenvalue weighted by Crippen LogP contribution is 2.13. The molecule has 158 valence electrons. The minimum atomic E-state index is 0. The second kappa shape index (κ2) is 13.2. The fourth-order valence-corrected chi connectivity index (χ4v) is 3.46. The minimum absolute atomic E-state index is 0. The zero-order chi connectivity index (χ0) is 18.7. The SMILES string of the molecule is CCNC(=NCCCOC1CCOCC1)N1CCN(c2ccccn2)CC1.I. The maximum absolute atomic E-state index is 5.94. The third-order valence-electron chi connectivity index (χ3n) is 4.97. The first-order valence-electron chi connectivity index (χ1n) is 10.3. The quantitative estimate of drug-likeness (QED) is 0.267. The van der Waals surface area contributed by atoms with E-state index in [-0.39, 0.29) is 24.0 Å². The van der Waals surface area contributed by atoms with Crippen LogP contribution in [0.15, 0.2) is 29.4 Å². The molecule has 1 aromatic heterocycles. The molecule has 1 N–H and O–H groups in total. The monoisotopic (exact) mass is 503 g/mol. The van der Waals surface area contributed by atoms with Crippen molar-refractivity contribution in [3.8, 4) is 0 Å². The third-order valence-corrected chi connectivity index (χ3v) is 4.97. The van der Waals surface area contributed by atoms with Crippen molar-refractivity contribution in [2.24, 2.45) is 4.99 Å². The van der Waals surface area contributed by atoms with E-state index >= 15 is 0 Å². The first-order valence-corrected chi connectivity index (χ1v) is 10.3. The predicted molar refractivity (Wildman–Crippen MR) is 124 cm³/mol. The third kappa shape index (κ3) is 7.36. The zero-order valence-electron chi connectivity index (χ0n) is 16.9. The number of pyridine rings is 1. The Morgan fingerprint density at radius 3 is 2.71 bits per heavy atom. The molecule has 0 radical (unpaired) electrons. The molecule has 3 rings (SSSR count). The number of hydrogen-bond acceptors (Lipinski definition) is 5. The van der Waals surface area contributed by atoms with E-state index in [1.54, 1.807) is 0 Å². The van der Waals surface area contributed by atoms with Gasteiger partial charge in [-0.15, -0.1) is 24.0 Å². The number of hydrogen-bond donors (Lipinski definition) is 1. The first-order chi connectivity index (χ1) is 13.4. The van der Waals surface area contributed by atoms with Crippen molar-refractivity contribution in [3.63, 3.8) is 0 Å². The van der Waals surface area contributed by atoms with Crippen molar-refractivity contribution in [3.05, 3.63) is 24.4 Å². The summed E-state index contributed by atoms with van der Waals surface area (Å²) in [4.78, 5) is 14.0. The molecular formula is C20H34IN5O2. The van der Waals surface area contributed by atoms with Crippen molar-refractivity contribution in [1.82, 2.24) is 15.2 Å². The summed E-state index contributed by atoms with van der Waals surface area (Å²) in [7, 11) is 0. The Labute approximate surface area is 185 Å². The van der Waals surface area contributed by atoms with Gasteiger partial charge < -0.3 is 24.6 Å². The molecule has 2 aliphatic heterocycles. The number of ether oxygens (including phenoxy) is 2. The Morgan fingerprint density at radius 1 is 1.25 bits per heavy atom. The lowest BCUT2D eigenvalue weighted by Crippen LogP contribution is -2.52. The lowest BCUT2D eigenvalue weighted by Gasteiger charge is -2.37. The molecule has 28 heavy (non-hydrogen) atoms. The Kier molecular flexibility index (Phi) is 10.9. The molecule has 0 spiro atoms. The van der Waals surface area contributed by atoms with Gasteiger partial charge in [-0.05, 0) is 38.3 Å². The summed E-state index contributed by atoms with van der Waals surface area (Å²) in [6.07, 6.45) is 5.23.